The van der Waals surface area contributed by atoms with Crippen LogP contribution in [0.5, 0.6) is 5.75 Å². The maximum atomic E-state index is 13.5. The van der Waals surface area contributed by atoms with E-state index in [9.17, 15) is 9.50 Å². The largest absolute Gasteiger partial charge is 0.490 e. The Hall–Kier alpha value is -2.85. The van der Waals surface area contributed by atoms with E-state index in [4.69, 9.17) is 9.26 Å². The summed E-state index contributed by atoms with van der Waals surface area (Å²) in [5.41, 5.74) is 3.47. The van der Waals surface area contributed by atoms with E-state index in [0.717, 1.165) is 63.3 Å². The number of aliphatic hydroxyl groups excluding tert-OH is 1. The summed E-state index contributed by atoms with van der Waals surface area (Å²) in [5.74, 6) is 0.824. The van der Waals surface area contributed by atoms with E-state index in [1.807, 2.05) is 41.8 Å². The lowest BCUT2D eigenvalue weighted by Gasteiger charge is -2.32. The highest BCUT2D eigenvalue weighted by Crippen LogP contribution is 2.37. The van der Waals surface area contributed by atoms with E-state index < -0.39 is 6.10 Å². The van der Waals surface area contributed by atoms with Crippen molar-refractivity contribution < 1.29 is 18.8 Å². The first-order chi connectivity index (χ1) is 17.2. The van der Waals surface area contributed by atoms with Gasteiger partial charge in [-0.2, -0.15) is 4.37 Å². The first-order valence-corrected chi connectivity index (χ1v) is 13.3. The van der Waals surface area contributed by atoms with Crippen molar-refractivity contribution in [3.8, 4) is 17.0 Å². The predicted molar refractivity (Wildman–Crippen MR) is 137 cm³/mol. The Morgan fingerprint density at radius 3 is 2.91 bits per heavy atom. The maximum absolute atomic E-state index is 13.5. The Bertz CT molecular complexity index is 1450. The molecule has 6 nitrogen and oxygen atoms in total. The summed E-state index contributed by atoms with van der Waals surface area (Å²) in [6, 6.07) is 14.5. The van der Waals surface area contributed by atoms with Gasteiger partial charge in [0, 0.05) is 23.4 Å². The van der Waals surface area contributed by atoms with Crippen LogP contribution >= 0.6 is 22.9 Å². The van der Waals surface area contributed by atoms with Crippen molar-refractivity contribution in [3.63, 3.8) is 0 Å². The minimum absolute atomic E-state index is 0.199. The van der Waals surface area contributed by atoms with Crippen LogP contribution in [0.3, 0.4) is 0 Å². The summed E-state index contributed by atoms with van der Waals surface area (Å²) in [6.07, 6.45) is 1.33. The molecule has 0 saturated carbocycles. The molecule has 0 radical (unpaired) electrons. The third kappa shape index (κ3) is 4.56. The van der Waals surface area contributed by atoms with Crippen LogP contribution in [0.2, 0.25) is 0 Å². The molecule has 35 heavy (non-hydrogen) atoms. The molecule has 9 heteroatoms. The van der Waals surface area contributed by atoms with Crippen molar-refractivity contribution in [2.75, 3.05) is 26.2 Å². The van der Waals surface area contributed by atoms with Gasteiger partial charge in [-0.25, -0.2) is 4.39 Å². The summed E-state index contributed by atoms with van der Waals surface area (Å²) < 4.78 is 31.5. The number of piperidine rings is 1. The number of benzene rings is 2. The number of hydrogen-bond donors (Lipinski definition) is 1. The lowest BCUT2D eigenvalue weighted by Crippen LogP contribution is -2.40. The number of aromatic nitrogens is 2. The molecule has 1 atom stereocenters. The van der Waals surface area contributed by atoms with Gasteiger partial charge in [0.1, 0.15) is 34.7 Å². The topological polar surface area (TPSA) is 71.6 Å². The molecule has 1 saturated heterocycles. The van der Waals surface area contributed by atoms with Gasteiger partial charge in [0.2, 0.25) is 0 Å². The van der Waals surface area contributed by atoms with Crippen molar-refractivity contribution in [1.29, 1.82) is 0 Å². The molecule has 5 aromatic rings. The van der Waals surface area contributed by atoms with Gasteiger partial charge in [0.05, 0.1) is 10.4 Å². The van der Waals surface area contributed by atoms with E-state index in [1.165, 1.54) is 17.6 Å². The summed E-state index contributed by atoms with van der Waals surface area (Å²) >= 11 is 2.95. The first kappa shape index (κ1) is 22.6. The van der Waals surface area contributed by atoms with Crippen LogP contribution in [0.15, 0.2) is 58.4 Å². The molecule has 1 aliphatic rings. The number of rotatable bonds is 7. The number of halogens is 1. The van der Waals surface area contributed by atoms with E-state index in [0.29, 0.717) is 18.2 Å². The van der Waals surface area contributed by atoms with Crippen molar-refractivity contribution >= 4 is 43.2 Å². The van der Waals surface area contributed by atoms with E-state index in [-0.39, 0.29) is 12.4 Å². The molecule has 0 amide bonds. The third-order valence-corrected chi connectivity index (χ3v) is 8.28. The van der Waals surface area contributed by atoms with Crippen LogP contribution in [0.1, 0.15) is 24.5 Å². The number of nitrogens with zero attached hydrogens (tertiary/aromatic N) is 3. The minimum atomic E-state index is -0.609. The van der Waals surface area contributed by atoms with Gasteiger partial charge in [-0.1, -0.05) is 17.3 Å². The number of hydrogen-bond acceptors (Lipinski definition) is 8. The Kier molecular flexibility index (Phi) is 6.24. The molecule has 2 aromatic carbocycles. The number of likely N-dealkylation sites (tertiary alicyclic amines) is 1. The van der Waals surface area contributed by atoms with Crippen molar-refractivity contribution in [1.82, 2.24) is 14.4 Å². The summed E-state index contributed by atoms with van der Waals surface area (Å²) in [4.78, 5) is 2.28. The summed E-state index contributed by atoms with van der Waals surface area (Å²) in [6.45, 7) is 2.52. The van der Waals surface area contributed by atoms with Gasteiger partial charge >= 0.3 is 0 Å². The molecule has 0 bridgehead atoms. The molecular formula is C26H24FN3O3S2. The van der Waals surface area contributed by atoms with Gasteiger partial charge in [-0.3, -0.25) is 0 Å². The molecule has 3 aromatic heterocycles. The summed E-state index contributed by atoms with van der Waals surface area (Å²) in [5, 5.41) is 18.0. The van der Waals surface area contributed by atoms with Crippen LogP contribution in [0.25, 0.3) is 31.6 Å². The first-order valence-electron chi connectivity index (χ1n) is 11.7. The smallest absolute Gasteiger partial charge is 0.178 e. The molecule has 180 valence electrons. The molecule has 0 unspecified atom stereocenters. The molecule has 1 N–H and O–H groups in total. The second-order valence-corrected chi connectivity index (χ2v) is 10.6. The molecule has 0 spiro atoms. The van der Waals surface area contributed by atoms with Gasteiger partial charge in [0.25, 0.3) is 0 Å². The minimum Gasteiger partial charge on any atom is -0.490 e. The zero-order valence-corrected chi connectivity index (χ0v) is 20.5. The van der Waals surface area contributed by atoms with E-state index in [2.05, 4.69) is 14.4 Å². The fourth-order valence-corrected chi connectivity index (χ4v) is 6.48. The lowest BCUT2D eigenvalue weighted by molar-refractivity contribution is 0.0595. The quantitative estimate of drug-likeness (QED) is 0.293. The molecule has 0 aliphatic carbocycles. The zero-order chi connectivity index (χ0) is 23.8. The molecule has 1 fully saturated rings. The number of fused-ring (bicyclic) bond motifs is 2. The number of aliphatic hydroxyl groups is 1. The number of ether oxygens (including phenoxy) is 1. The predicted octanol–water partition coefficient (Wildman–Crippen LogP) is 5.92. The average Bonchev–Trinajstić information content (AvgIpc) is 3.59. The fraction of sp³-hybridized carbons (Fsp3) is 0.308. The monoisotopic (exact) mass is 509 g/mol. The SMILES string of the molecule is O[C@@H](COc1ccccc1-c1noc2ccsc12)CN1CCC(c2nsc3cc(F)ccc23)CC1. The van der Waals surface area contributed by atoms with Crippen LogP contribution < -0.4 is 4.74 Å². The van der Waals surface area contributed by atoms with Crippen molar-refractivity contribution in [2.45, 2.75) is 24.9 Å². The Morgan fingerprint density at radius 2 is 2.03 bits per heavy atom. The van der Waals surface area contributed by atoms with Gasteiger partial charge < -0.3 is 19.3 Å². The van der Waals surface area contributed by atoms with Crippen molar-refractivity contribution in [2.24, 2.45) is 0 Å². The highest BCUT2D eigenvalue weighted by Gasteiger charge is 2.26. The number of β-amino-alcohol motifs (C(OH)–C–C–N with tert-alkyl or cyclic N) is 1. The standard InChI is InChI=1S/C26H24FN3O3S2/c27-17-5-6-20-23(13-17)35-29-24(20)16-7-10-30(11-8-16)14-18(31)15-32-21-4-2-1-3-19(21)25-26-22(33-28-25)9-12-34-26/h1-6,9,12-13,16,18,31H,7-8,10-11,14-15H2/t18-/m1/s1. The molecular weight excluding hydrogens is 485 g/mol. The van der Waals surface area contributed by atoms with Crippen LogP contribution in [-0.4, -0.2) is 51.9 Å². The normalized spacial score (nSPS) is 16.3. The Labute approximate surface area is 209 Å². The Morgan fingerprint density at radius 1 is 1.17 bits per heavy atom. The fourth-order valence-electron chi connectivity index (χ4n) is 4.79. The molecule has 6 rings (SSSR count). The van der Waals surface area contributed by atoms with E-state index in [1.54, 1.807) is 17.4 Å². The zero-order valence-electron chi connectivity index (χ0n) is 18.9. The van der Waals surface area contributed by atoms with E-state index >= 15 is 0 Å². The summed E-state index contributed by atoms with van der Waals surface area (Å²) in [7, 11) is 0. The highest BCUT2D eigenvalue weighted by molar-refractivity contribution is 7.17. The molecule has 4 heterocycles. The maximum Gasteiger partial charge on any atom is 0.178 e. The average molecular weight is 510 g/mol. The van der Waals surface area contributed by atoms with Crippen LogP contribution in [0.4, 0.5) is 4.39 Å². The van der Waals surface area contributed by atoms with Gasteiger partial charge in [-0.05, 0) is 79.2 Å². The number of para-hydroxylation sites is 1. The van der Waals surface area contributed by atoms with Crippen molar-refractivity contribution in [3.05, 3.63) is 65.4 Å². The second kappa shape index (κ2) is 9.66. The van der Waals surface area contributed by atoms with Crippen LogP contribution in [0, 0.1) is 5.82 Å². The highest BCUT2D eigenvalue weighted by atomic mass is 32.1. The van der Waals surface area contributed by atoms with Gasteiger partial charge in [-0.15, -0.1) is 11.3 Å². The van der Waals surface area contributed by atoms with Gasteiger partial charge in [0.15, 0.2) is 5.58 Å². The molecule has 1 aliphatic heterocycles. The number of thiophene rings is 1. The third-order valence-electron chi connectivity index (χ3n) is 6.56. The Balaban J connectivity index is 1.05. The second-order valence-electron chi connectivity index (χ2n) is 8.89. The lowest BCUT2D eigenvalue weighted by atomic mass is 9.91. The van der Waals surface area contributed by atoms with Crippen LogP contribution in [-0.2, 0) is 0 Å².